The Morgan fingerprint density at radius 3 is 2.63 bits per heavy atom. The highest BCUT2D eigenvalue weighted by Crippen LogP contribution is 2.16. The Morgan fingerprint density at radius 2 is 1.95 bits per heavy atom. The number of thiophene rings is 1. The summed E-state index contributed by atoms with van der Waals surface area (Å²) in [5.41, 5.74) is 2.63. The topological polar surface area (TPSA) is 12.5 Å². The quantitative estimate of drug-likeness (QED) is 0.714. The standard InChI is InChI=1S/C16H21NOS/c1-14-8-11-19-16(14)12-17(2)9-10-18-13-15-6-4-3-5-7-15/h3-8,11H,9-10,12-13H2,1-2H3. The first-order chi connectivity index (χ1) is 9.25. The van der Waals surface area contributed by atoms with Crippen molar-refractivity contribution in [1.29, 1.82) is 0 Å². The largest absolute Gasteiger partial charge is 0.375 e. The van der Waals surface area contributed by atoms with Gasteiger partial charge in [0.2, 0.25) is 0 Å². The summed E-state index contributed by atoms with van der Waals surface area (Å²) >= 11 is 1.83. The molecule has 0 radical (unpaired) electrons. The van der Waals surface area contributed by atoms with Crippen LogP contribution < -0.4 is 0 Å². The molecule has 2 nitrogen and oxygen atoms in total. The van der Waals surface area contributed by atoms with E-state index in [0.29, 0.717) is 6.61 Å². The molecule has 0 unspecified atom stereocenters. The fraction of sp³-hybridized carbons (Fsp3) is 0.375. The molecule has 0 amide bonds. The van der Waals surface area contributed by atoms with Crippen molar-refractivity contribution >= 4 is 11.3 Å². The summed E-state index contributed by atoms with van der Waals surface area (Å²) in [5.74, 6) is 0. The van der Waals surface area contributed by atoms with E-state index in [1.807, 2.05) is 29.5 Å². The van der Waals surface area contributed by atoms with Crippen molar-refractivity contribution in [2.45, 2.75) is 20.1 Å². The van der Waals surface area contributed by atoms with Crippen molar-refractivity contribution < 1.29 is 4.74 Å². The summed E-state index contributed by atoms with van der Waals surface area (Å²) in [6.45, 7) is 5.62. The van der Waals surface area contributed by atoms with Gasteiger partial charge in [0.25, 0.3) is 0 Å². The van der Waals surface area contributed by atoms with Gasteiger partial charge in [-0.05, 0) is 36.5 Å². The molecule has 0 saturated heterocycles. The lowest BCUT2D eigenvalue weighted by molar-refractivity contribution is 0.0982. The first-order valence-electron chi connectivity index (χ1n) is 6.59. The van der Waals surface area contributed by atoms with Crippen molar-refractivity contribution in [1.82, 2.24) is 4.90 Å². The van der Waals surface area contributed by atoms with E-state index >= 15 is 0 Å². The second kappa shape index (κ2) is 7.43. The molecule has 0 bridgehead atoms. The second-order valence-corrected chi connectivity index (χ2v) is 5.80. The number of ether oxygens (including phenoxy) is 1. The van der Waals surface area contributed by atoms with Gasteiger partial charge in [-0.1, -0.05) is 30.3 Å². The van der Waals surface area contributed by atoms with Gasteiger partial charge in [0.1, 0.15) is 0 Å². The second-order valence-electron chi connectivity index (χ2n) is 4.80. The highest BCUT2D eigenvalue weighted by molar-refractivity contribution is 7.10. The predicted octanol–water partition coefficient (Wildman–Crippen LogP) is 3.71. The maximum absolute atomic E-state index is 5.70. The zero-order chi connectivity index (χ0) is 13.5. The maximum atomic E-state index is 5.70. The molecule has 2 rings (SSSR count). The molecular formula is C16H21NOS. The first-order valence-corrected chi connectivity index (χ1v) is 7.47. The van der Waals surface area contributed by atoms with Gasteiger partial charge < -0.3 is 4.74 Å². The Balaban J connectivity index is 1.64. The molecule has 1 heterocycles. The summed E-state index contributed by atoms with van der Waals surface area (Å²) < 4.78 is 5.70. The van der Waals surface area contributed by atoms with Crippen LogP contribution in [0.4, 0.5) is 0 Å². The van der Waals surface area contributed by atoms with Crippen LogP contribution in [0.15, 0.2) is 41.8 Å². The van der Waals surface area contributed by atoms with Gasteiger partial charge in [-0.25, -0.2) is 0 Å². The van der Waals surface area contributed by atoms with Crippen molar-refractivity contribution in [3.05, 3.63) is 57.8 Å². The van der Waals surface area contributed by atoms with Crippen LogP contribution in [0.25, 0.3) is 0 Å². The van der Waals surface area contributed by atoms with E-state index in [2.05, 4.69) is 42.5 Å². The van der Waals surface area contributed by atoms with Gasteiger partial charge >= 0.3 is 0 Å². The van der Waals surface area contributed by atoms with Gasteiger partial charge in [0.15, 0.2) is 0 Å². The molecule has 0 spiro atoms. The molecule has 0 saturated carbocycles. The highest BCUT2D eigenvalue weighted by Gasteiger charge is 2.04. The zero-order valence-corrected chi connectivity index (χ0v) is 12.5. The summed E-state index contributed by atoms with van der Waals surface area (Å²) in [4.78, 5) is 3.76. The minimum atomic E-state index is 0.701. The molecule has 0 aliphatic heterocycles. The third-order valence-electron chi connectivity index (χ3n) is 3.11. The number of hydrogen-bond donors (Lipinski definition) is 0. The van der Waals surface area contributed by atoms with Gasteiger partial charge in [-0.15, -0.1) is 11.3 Å². The minimum Gasteiger partial charge on any atom is -0.375 e. The van der Waals surface area contributed by atoms with Gasteiger partial charge in [0, 0.05) is 18.0 Å². The van der Waals surface area contributed by atoms with E-state index in [0.717, 1.165) is 19.7 Å². The SMILES string of the molecule is Cc1ccsc1CN(C)CCOCc1ccccc1. The normalized spacial score (nSPS) is 11.1. The van der Waals surface area contributed by atoms with E-state index in [1.54, 1.807) is 0 Å². The molecule has 0 fully saturated rings. The maximum Gasteiger partial charge on any atom is 0.0717 e. The van der Waals surface area contributed by atoms with Crippen molar-refractivity contribution in [2.75, 3.05) is 20.2 Å². The molecule has 1 aromatic carbocycles. The smallest absolute Gasteiger partial charge is 0.0717 e. The van der Waals surface area contributed by atoms with Crippen LogP contribution >= 0.6 is 11.3 Å². The fourth-order valence-corrected chi connectivity index (χ4v) is 2.86. The number of benzene rings is 1. The van der Waals surface area contributed by atoms with Crippen LogP contribution in [-0.4, -0.2) is 25.1 Å². The molecule has 102 valence electrons. The van der Waals surface area contributed by atoms with Crippen molar-refractivity contribution in [3.8, 4) is 0 Å². The number of nitrogens with zero attached hydrogens (tertiary/aromatic N) is 1. The molecule has 0 N–H and O–H groups in total. The predicted molar refractivity (Wildman–Crippen MR) is 81.5 cm³/mol. The van der Waals surface area contributed by atoms with Crippen molar-refractivity contribution in [2.24, 2.45) is 0 Å². The Labute approximate surface area is 119 Å². The average Bonchev–Trinajstić information content (AvgIpc) is 2.82. The Hall–Kier alpha value is -1.16. The average molecular weight is 275 g/mol. The highest BCUT2D eigenvalue weighted by atomic mass is 32.1. The van der Waals surface area contributed by atoms with E-state index in [4.69, 9.17) is 4.74 Å². The van der Waals surface area contributed by atoms with Crippen LogP contribution in [0, 0.1) is 6.92 Å². The minimum absolute atomic E-state index is 0.701. The van der Waals surface area contributed by atoms with E-state index < -0.39 is 0 Å². The lowest BCUT2D eigenvalue weighted by atomic mass is 10.2. The van der Waals surface area contributed by atoms with Crippen LogP contribution in [-0.2, 0) is 17.9 Å². The molecular weight excluding hydrogens is 254 g/mol. The van der Waals surface area contributed by atoms with Crippen LogP contribution in [0.5, 0.6) is 0 Å². The first kappa shape index (κ1) is 14.3. The lowest BCUT2D eigenvalue weighted by Crippen LogP contribution is -2.22. The van der Waals surface area contributed by atoms with Gasteiger partial charge in [0.05, 0.1) is 13.2 Å². The zero-order valence-electron chi connectivity index (χ0n) is 11.6. The third kappa shape index (κ3) is 4.78. The van der Waals surface area contributed by atoms with Crippen LogP contribution in [0.1, 0.15) is 16.0 Å². The van der Waals surface area contributed by atoms with Crippen LogP contribution in [0.3, 0.4) is 0 Å². The molecule has 0 atom stereocenters. The monoisotopic (exact) mass is 275 g/mol. The molecule has 3 heteroatoms. The van der Waals surface area contributed by atoms with E-state index in [-0.39, 0.29) is 0 Å². The molecule has 0 aliphatic rings. The Bertz CT molecular complexity index is 481. The summed E-state index contributed by atoms with van der Waals surface area (Å²) in [5, 5.41) is 2.16. The van der Waals surface area contributed by atoms with Crippen LogP contribution in [0.2, 0.25) is 0 Å². The fourth-order valence-electron chi connectivity index (χ4n) is 1.87. The van der Waals surface area contributed by atoms with E-state index in [1.165, 1.54) is 16.0 Å². The summed E-state index contributed by atoms with van der Waals surface area (Å²) in [6.07, 6.45) is 0. The number of rotatable bonds is 7. The molecule has 2 aromatic rings. The lowest BCUT2D eigenvalue weighted by Gasteiger charge is -2.16. The van der Waals surface area contributed by atoms with Gasteiger partial charge in [-0.3, -0.25) is 4.90 Å². The molecule has 19 heavy (non-hydrogen) atoms. The molecule has 0 aliphatic carbocycles. The van der Waals surface area contributed by atoms with Crippen molar-refractivity contribution in [3.63, 3.8) is 0 Å². The Morgan fingerprint density at radius 1 is 1.16 bits per heavy atom. The van der Waals surface area contributed by atoms with Gasteiger partial charge in [-0.2, -0.15) is 0 Å². The number of aryl methyl sites for hydroxylation is 1. The third-order valence-corrected chi connectivity index (χ3v) is 4.12. The Kier molecular flexibility index (Phi) is 5.58. The van der Waals surface area contributed by atoms with E-state index in [9.17, 15) is 0 Å². The number of hydrogen-bond acceptors (Lipinski definition) is 3. The summed E-state index contributed by atoms with van der Waals surface area (Å²) in [7, 11) is 2.14. The molecule has 1 aromatic heterocycles. The summed E-state index contributed by atoms with van der Waals surface area (Å²) in [6, 6.07) is 12.5. The number of likely N-dealkylation sites (N-methyl/N-ethyl adjacent to an activating group) is 1.